The summed E-state index contributed by atoms with van der Waals surface area (Å²) in [5.41, 5.74) is 1.95. The fourth-order valence-corrected chi connectivity index (χ4v) is 3.18. The van der Waals surface area contributed by atoms with Gasteiger partial charge in [-0.2, -0.15) is 4.98 Å². The van der Waals surface area contributed by atoms with Gasteiger partial charge in [0.2, 0.25) is 11.7 Å². The van der Waals surface area contributed by atoms with E-state index in [1.165, 1.54) is 6.26 Å². The fourth-order valence-electron chi connectivity index (χ4n) is 2.13. The van der Waals surface area contributed by atoms with Crippen LogP contribution >= 0.6 is 0 Å². The van der Waals surface area contributed by atoms with Gasteiger partial charge in [-0.25, -0.2) is 8.42 Å². The lowest BCUT2D eigenvalue weighted by atomic mass is 10.2. The van der Waals surface area contributed by atoms with Gasteiger partial charge in [-0.1, -0.05) is 12.1 Å². The number of sulfone groups is 1. The van der Waals surface area contributed by atoms with Crippen molar-refractivity contribution < 1.29 is 12.9 Å². The summed E-state index contributed by atoms with van der Waals surface area (Å²) in [6.45, 7) is 4.77. The average molecular weight is 323 g/mol. The Bertz CT molecular complexity index is 723. The zero-order valence-electron chi connectivity index (χ0n) is 13.3. The molecule has 0 fully saturated rings. The first-order valence-electron chi connectivity index (χ1n) is 7.13. The molecule has 0 amide bonds. The van der Waals surface area contributed by atoms with Crippen LogP contribution in [-0.4, -0.2) is 44.2 Å². The summed E-state index contributed by atoms with van der Waals surface area (Å²) in [6.07, 6.45) is 1.20. The number of nitrogens with zero attached hydrogens (tertiary/aromatic N) is 3. The molecule has 2 aromatic rings. The first-order chi connectivity index (χ1) is 10.3. The van der Waals surface area contributed by atoms with Crippen LogP contribution in [0.4, 0.5) is 5.69 Å². The molecule has 0 saturated heterocycles. The summed E-state index contributed by atoms with van der Waals surface area (Å²) in [4.78, 5) is 6.43. The van der Waals surface area contributed by atoms with Crippen LogP contribution in [0, 0.1) is 0 Å². The Balaban J connectivity index is 2.17. The molecule has 0 saturated carbocycles. The molecule has 0 aliphatic heterocycles. The molecule has 0 bridgehead atoms. The Morgan fingerprint density at radius 2 is 1.91 bits per heavy atom. The molecular formula is C15H21N3O3S. The van der Waals surface area contributed by atoms with E-state index in [0.717, 1.165) is 17.8 Å². The maximum atomic E-state index is 11.3. The van der Waals surface area contributed by atoms with Crippen molar-refractivity contribution in [3.05, 3.63) is 30.2 Å². The predicted molar refractivity (Wildman–Crippen MR) is 86.8 cm³/mol. The maximum absolute atomic E-state index is 11.3. The minimum absolute atomic E-state index is 0.00509. The third kappa shape index (κ3) is 4.07. The lowest BCUT2D eigenvalue weighted by Crippen LogP contribution is -2.15. The number of benzene rings is 1. The summed E-state index contributed by atoms with van der Waals surface area (Å²) < 4.78 is 27.8. The molecule has 0 aliphatic rings. The van der Waals surface area contributed by atoms with Crippen molar-refractivity contribution in [3.63, 3.8) is 0 Å². The second-order valence-electron chi connectivity index (χ2n) is 5.51. The Kier molecular flexibility index (Phi) is 4.85. The Hall–Kier alpha value is -1.89. The zero-order chi connectivity index (χ0) is 16.3. The van der Waals surface area contributed by atoms with Crippen LogP contribution in [0.25, 0.3) is 11.4 Å². The van der Waals surface area contributed by atoms with E-state index in [9.17, 15) is 8.42 Å². The summed E-state index contributed by atoms with van der Waals surface area (Å²) in [5, 5.41) is 3.94. The van der Waals surface area contributed by atoms with Gasteiger partial charge in [0.05, 0.1) is 5.75 Å². The number of hydrogen-bond donors (Lipinski definition) is 0. The number of rotatable bonds is 6. The molecule has 1 unspecified atom stereocenters. The third-order valence-electron chi connectivity index (χ3n) is 3.46. The minimum Gasteiger partial charge on any atom is -0.375 e. The Labute approximate surface area is 131 Å². The van der Waals surface area contributed by atoms with Crippen LogP contribution in [0.5, 0.6) is 0 Å². The molecule has 1 atom stereocenters. The molecule has 0 radical (unpaired) electrons. The fraction of sp³-hybridized carbons (Fsp3) is 0.467. The second kappa shape index (κ2) is 6.48. The second-order valence-corrected chi connectivity index (χ2v) is 7.70. The van der Waals surface area contributed by atoms with Gasteiger partial charge in [0.25, 0.3) is 0 Å². The molecule has 120 valence electrons. The molecule has 1 aromatic heterocycles. The normalized spacial score (nSPS) is 13.1. The van der Waals surface area contributed by atoms with Crippen LogP contribution in [0.3, 0.4) is 0 Å². The van der Waals surface area contributed by atoms with E-state index < -0.39 is 9.84 Å². The van der Waals surface area contributed by atoms with Gasteiger partial charge in [0.15, 0.2) is 0 Å². The monoisotopic (exact) mass is 323 g/mol. The lowest BCUT2D eigenvalue weighted by molar-refractivity contribution is 0.366. The number of hydrogen-bond acceptors (Lipinski definition) is 6. The van der Waals surface area contributed by atoms with Crippen LogP contribution < -0.4 is 4.90 Å². The van der Waals surface area contributed by atoms with Crippen LogP contribution in [0.15, 0.2) is 28.8 Å². The van der Waals surface area contributed by atoms with Gasteiger partial charge in [0, 0.05) is 37.0 Å². The lowest BCUT2D eigenvalue weighted by Gasteiger charge is -2.16. The van der Waals surface area contributed by atoms with Gasteiger partial charge >= 0.3 is 0 Å². The maximum Gasteiger partial charge on any atom is 0.230 e. The van der Waals surface area contributed by atoms with Crippen LogP contribution in [0.1, 0.15) is 25.7 Å². The highest BCUT2D eigenvalue weighted by Crippen LogP contribution is 2.23. The third-order valence-corrected chi connectivity index (χ3v) is 4.56. The SMILES string of the molecule is CCN(C)c1ccc(-c2noc(C(C)CS(C)(=O)=O)n2)cc1. The van der Waals surface area contributed by atoms with Gasteiger partial charge in [0.1, 0.15) is 9.84 Å². The molecule has 1 aromatic carbocycles. The molecule has 0 N–H and O–H groups in total. The van der Waals surface area contributed by atoms with Gasteiger partial charge < -0.3 is 9.42 Å². The number of aromatic nitrogens is 2. The van der Waals surface area contributed by atoms with Crippen molar-refractivity contribution in [2.45, 2.75) is 19.8 Å². The van der Waals surface area contributed by atoms with Crippen LogP contribution in [-0.2, 0) is 9.84 Å². The number of anilines is 1. The highest BCUT2D eigenvalue weighted by Gasteiger charge is 2.19. The summed E-state index contributed by atoms with van der Waals surface area (Å²) in [5.74, 6) is 0.493. The highest BCUT2D eigenvalue weighted by molar-refractivity contribution is 7.90. The van der Waals surface area contributed by atoms with Crippen molar-refractivity contribution in [2.24, 2.45) is 0 Å². The van der Waals surface area contributed by atoms with Gasteiger partial charge in [-0.05, 0) is 31.2 Å². The van der Waals surface area contributed by atoms with Crippen molar-refractivity contribution in [1.82, 2.24) is 10.1 Å². The topological polar surface area (TPSA) is 76.3 Å². The standard InChI is InChI=1S/C15H21N3O3S/c1-5-18(3)13-8-6-12(7-9-13)14-16-15(21-17-14)11(2)10-22(4,19)20/h6-9,11H,5,10H2,1-4H3. The first kappa shape index (κ1) is 16.5. The first-order valence-corrected chi connectivity index (χ1v) is 9.19. The van der Waals surface area contributed by atoms with E-state index in [-0.39, 0.29) is 11.7 Å². The summed E-state index contributed by atoms with van der Waals surface area (Å²) >= 11 is 0. The quantitative estimate of drug-likeness (QED) is 0.812. The molecule has 0 spiro atoms. The van der Waals surface area contributed by atoms with Gasteiger partial charge in [-0.15, -0.1) is 0 Å². The Morgan fingerprint density at radius 3 is 2.45 bits per heavy atom. The van der Waals surface area contributed by atoms with Crippen molar-refractivity contribution in [2.75, 3.05) is 30.5 Å². The van der Waals surface area contributed by atoms with E-state index in [1.807, 2.05) is 31.3 Å². The van der Waals surface area contributed by atoms with E-state index in [2.05, 4.69) is 22.0 Å². The Morgan fingerprint density at radius 1 is 1.27 bits per heavy atom. The molecule has 2 rings (SSSR count). The van der Waals surface area contributed by atoms with E-state index in [1.54, 1.807) is 6.92 Å². The molecular weight excluding hydrogens is 302 g/mol. The molecule has 6 nitrogen and oxygen atoms in total. The highest BCUT2D eigenvalue weighted by atomic mass is 32.2. The van der Waals surface area contributed by atoms with E-state index >= 15 is 0 Å². The van der Waals surface area contributed by atoms with Gasteiger partial charge in [-0.3, -0.25) is 0 Å². The largest absolute Gasteiger partial charge is 0.375 e. The van der Waals surface area contributed by atoms with Crippen molar-refractivity contribution in [1.29, 1.82) is 0 Å². The van der Waals surface area contributed by atoms with E-state index in [0.29, 0.717) is 11.7 Å². The summed E-state index contributed by atoms with van der Waals surface area (Å²) in [6, 6.07) is 7.85. The predicted octanol–water partition coefficient (Wildman–Crippen LogP) is 2.34. The molecule has 0 aliphatic carbocycles. The molecule has 1 heterocycles. The minimum atomic E-state index is -3.08. The van der Waals surface area contributed by atoms with Crippen LogP contribution in [0.2, 0.25) is 0 Å². The molecule has 22 heavy (non-hydrogen) atoms. The van der Waals surface area contributed by atoms with E-state index in [4.69, 9.17) is 4.52 Å². The average Bonchev–Trinajstić information content (AvgIpc) is 2.95. The van der Waals surface area contributed by atoms with Crippen molar-refractivity contribution >= 4 is 15.5 Å². The smallest absolute Gasteiger partial charge is 0.230 e. The summed E-state index contributed by atoms with van der Waals surface area (Å²) in [7, 11) is -1.06. The zero-order valence-corrected chi connectivity index (χ0v) is 14.1. The molecule has 7 heteroatoms. The van der Waals surface area contributed by atoms with Crippen molar-refractivity contribution in [3.8, 4) is 11.4 Å².